The van der Waals surface area contributed by atoms with Crippen LogP contribution in [0.4, 0.5) is 0 Å². The molecule has 0 unspecified atom stereocenters. The van der Waals surface area contributed by atoms with Gasteiger partial charge in [0.15, 0.2) is 17.1 Å². The van der Waals surface area contributed by atoms with E-state index >= 15 is 0 Å². The summed E-state index contributed by atoms with van der Waals surface area (Å²) in [6.07, 6.45) is 5.98. The van der Waals surface area contributed by atoms with Gasteiger partial charge in [0.2, 0.25) is 5.91 Å². The van der Waals surface area contributed by atoms with Crippen molar-refractivity contribution in [1.82, 2.24) is 24.4 Å². The van der Waals surface area contributed by atoms with E-state index in [2.05, 4.69) is 10.3 Å². The highest BCUT2D eigenvalue weighted by Gasteiger charge is 2.23. The molecule has 1 saturated carbocycles. The van der Waals surface area contributed by atoms with Crippen molar-refractivity contribution in [2.45, 2.75) is 49.5 Å². The van der Waals surface area contributed by atoms with Gasteiger partial charge in [-0.3, -0.25) is 18.7 Å². The minimum absolute atomic E-state index is 0.0914. The van der Waals surface area contributed by atoms with Gasteiger partial charge in [-0.1, -0.05) is 37.1 Å². The van der Waals surface area contributed by atoms with Crippen LogP contribution in [0.1, 0.15) is 49.4 Å². The number of amides is 1. The lowest BCUT2D eigenvalue weighted by atomic mass is 9.89. The number of methoxy groups -OCH3 is 2. The van der Waals surface area contributed by atoms with Gasteiger partial charge in [0, 0.05) is 26.6 Å². The van der Waals surface area contributed by atoms with E-state index in [0.29, 0.717) is 41.0 Å². The largest absolute Gasteiger partial charge is 0.493 e. The topological polar surface area (TPSA) is 117 Å². The monoisotopic (exact) mass is 527 g/mol. The van der Waals surface area contributed by atoms with Gasteiger partial charge < -0.3 is 14.8 Å². The number of hydrogen-bond acceptors (Lipinski definition) is 8. The zero-order valence-electron chi connectivity index (χ0n) is 21.7. The second kappa shape index (κ2) is 11.8. The van der Waals surface area contributed by atoms with Crippen molar-refractivity contribution < 1.29 is 14.3 Å². The Morgan fingerprint density at radius 1 is 1.05 bits per heavy atom. The van der Waals surface area contributed by atoms with Crippen LogP contribution in [-0.4, -0.2) is 51.5 Å². The highest BCUT2D eigenvalue weighted by atomic mass is 32.2. The van der Waals surface area contributed by atoms with Gasteiger partial charge in [-0.05, 0) is 37.0 Å². The number of ether oxygens (including phenoxy) is 2. The molecule has 0 aliphatic heterocycles. The van der Waals surface area contributed by atoms with Crippen LogP contribution in [0, 0.1) is 0 Å². The molecule has 3 aromatic rings. The molecule has 0 radical (unpaired) electrons. The standard InChI is InChI=1S/C26H33N5O5S/c1-30-23-21(25(33)31(2)26(30)34)24(29-22(28-23)17-8-6-5-7-9-17)37-15-20(32)27-13-12-16-10-11-18(35-3)19(14-16)36-4/h10-11,14,17H,5-9,12-13,15H2,1-4H3,(H,27,32). The second-order valence-electron chi connectivity index (χ2n) is 9.20. The molecule has 1 aliphatic carbocycles. The lowest BCUT2D eigenvalue weighted by Gasteiger charge is -2.21. The van der Waals surface area contributed by atoms with Crippen molar-refractivity contribution >= 4 is 28.7 Å². The maximum Gasteiger partial charge on any atom is 0.332 e. The average Bonchev–Trinajstić information content (AvgIpc) is 2.93. The Morgan fingerprint density at radius 3 is 2.49 bits per heavy atom. The minimum Gasteiger partial charge on any atom is -0.493 e. The summed E-state index contributed by atoms with van der Waals surface area (Å²) in [5.74, 6) is 2.05. The van der Waals surface area contributed by atoms with Crippen LogP contribution in [0.5, 0.6) is 11.5 Å². The van der Waals surface area contributed by atoms with Crippen molar-refractivity contribution in [3.05, 3.63) is 50.4 Å². The molecule has 1 aliphatic rings. The maximum atomic E-state index is 13.0. The van der Waals surface area contributed by atoms with Crippen LogP contribution >= 0.6 is 11.8 Å². The highest BCUT2D eigenvalue weighted by Crippen LogP contribution is 2.33. The Morgan fingerprint density at radius 2 is 1.78 bits per heavy atom. The molecule has 1 amide bonds. The van der Waals surface area contributed by atoms with Crippen molar-refractivity contribution in [2.24, 2.45) is 14.1 Å². The fourth-order valence-corrected chi connectivity index (χ4v) is 5.51. The fourth-order valence-electron chi connectivity index (χ4n) is 4.66. The molecule has 0 spiro atoms. The fraction of sp³-hybridized carbons (Fsp3) is 0.500. The molecule has 0 atom stereocenters. The molecule has 37 heavy (non-hydrogen) atoms. The number of carbonyl (C=O) groups excluding carboxylic acids is 1. The third-order valence-electron chi connectivity index (χ3n) is 6.78. The maximum absolute atomic E-state index is 13.0. The molecular formula is C26H33N5O5S. The Labute approximate surface area is 219 Å². The third-order valence-corrected chi connectivity index (χ3v) is 7.75. The lowest BCUT2D eigenvalue weighted by Crippen LogP contribution is -2.38. The number of nitrogens with zero attached hydrogens (tertiary/aromatic N) is 4. The summed E-state index contributed by atoms with van der Waals surface area (Å²) in [5, 5.41) is 3.64. The number of benzene rings is 1. The number of aryl methyl sites for hydroxylation is 1. The molecule has 4 rings (SSSR count). The minimum atomic E-state index is -0.454. The summed E-state index contributed by atoms with van der Waals surface area (Å²) in [6.45, 7) is 0.447. The van der Waals surface area contributed by atoms with Crippen LogP contribution < -0.4 is 26.0 Å². The van der Waals surface area contributed by atoms with Crippen molar-refractivity contribution in [1.29, 1.82) is 0 Å². The van der Waals surface area contributed by atoms with Crippen LogP contribution in [0.2, 0.25) is 0 Å². The average molecular weight is 528 g/mol. The van der Waals surface area contributed by atoms with Crippen LogP contribution in [0.3, 0.4) is 0 Å². The molecule has 1 fully saturated rings. The van der Waals surface area contributed by atoms with E-state index in [-0.39, 0.29) is 23.0 Å². The van der Waals surface area contributed by atoms with Crippen LogP contribution in [-0.2, 0) is 25.3 Å². The number of rotatable bonds is 9. The molecule has 10 nitrogen and oxygen atoms in total. The Kier molecular flexibility index (Phi) is 8.52. The van der Waals surface area contributed by atoms with Gasteiger partial charge >= 0.3 is 5.69 Å². The van der Waals surface area contributed by atoms with Gasteiger partial charge in [-0.25, -0.2) is 14.8 Å². The number of aromatic nitrogens is 4. The van der Waals surface area contributed by atoms with Gasteiger partial charge in [0.25, 0.3) is 5.56 Å². The van der Waals surface area contributed by atoms with E-state index < -0.39 is 11.2 Å². The molecule has 2 aromatic heterocycles. The lowest BCUT2D eigenvalue weighted by molar-refractivity contribution is -0.118. The second-order valence-corrected chi connectivity index (χ2v) is 10.2. The molecule has 198 valence electrons. The van der Waals surface area contributed by atoms with E-state index in [1.807, 2.05) is 18.2 Å². The van der Waals surface area contributed by atoms with Crippen LogP contribution in [0.15, 0.2) is 32.8 Å². The Hall–Kier alpha value is -3.34. The van der Waals surface area contributed by atoms with Gasteiger partial charge in [-0.15, -0.1) is 0 Å². The first-order valence-corrected chi connectivity index (χ1v) is 13.4. The van der Waals surface area contributed by atoms with E-state index in [9.17, 15) is 14.4 Å². The smallest absolute Gasteiger partial charge is 0.332 e. The van der Waals surface area contributed by atoms with E-state index in [1.165, 1.54) is 29.8 Å². The first-order chi connectivity index (χ1) is 17.8. The summed E-state index contributed by atoms with van der Waals surface area (Å²) in [7, 11) is 6.22. The summed E-state index contributed by atoms with van der Waals surface area (Å²) < 4.78 is 13.0. The Bertz CT molecular complexity index is 1410. The summed E-state index contributed by atoms with van der Waals surface area (Å²) in [5.41, 5.74) is 0.438. The zero-order chi connectivity index (χ0) is 26.5. The number of thioether (sulfide) groups is 1. The van der Waals surface area contributed by atoms with Gasteiger partial charge in [0.1, 0.15) is 16.2 Å². The molecule has 1 N–H and O–H groups in total. The number of fused-ring (bicyclic) bond motifs is 1. The molecule has 1 aromatic carbocycles. The number of carbonyl (C=O) groups is 1. The van der Waals surface area contributed by atoms with Crippen molar-refractivity contribution in [2.75, 3.05) is 26.5 Å². The molecule has 2 heterocycles. The molecule has 11 heteroatoms. The summed E-state index contributed by atoms with van der Waals surface area (Å²) in [4.78, 5) is 47.7. The van der Waals surface area contributed by atoms with Crippen molar-refractivity contribution in [3.63, 3.8) is 0 Å². The first-order valence-electron chi connectivity index (χ1n) is 12.4. The molecule has 0 bridgehead atoms. The Balaban J connectivity index is 1.50. The predicted octanol–water partition coefficient (Wildman–Crippen LogP) is 2.54. The van der Waals surface area contributed by atoms with Crippen molar-refractivity contribution in [3.8, 4) is 11.5 Å². The van der Waals surface area contributed by atoms with Gasteiger partial charge in [0.05, 0.1) is 20.0 Å². The van der Waals surface area contributed by atoms with E-state index in [1.54, 1.807) is 21.3 Å². The summed E-state index contributed by atoms with van der Waals surface area (Å²) in [6, 6.07) is 5.66. The van der Waals surface area contributed by atoms with Gasteiger partial charge in [-0.2, -0.15) is 0 Å². The van der Waals surface area contributed by atoms with E-state index in [4.69, 9.17) is 14.5 Å². The number of hydrogen-bond donors (Lipinski definition) is 1. The molecular weight excluding hydrogens is 494 g/mol. The normalized spacial score (nSPS) is 14.1. The molecule has 0 saturated heterocycles. The third kappa shape index (κ3) is 5.82. The number of nitrogens with one attached hydrogen (secondary N) is 1. The highest BCUT2D eigenvalue weighted by molar-refractivity contribution is 8.00. The summed E-state index contributed by atoms with van der Waals surface area (Å²) >= 11 is 1.20. The SMILES string of the molecule is COc1ccc(CCNC(=O)CSc2nc(C3CCCCC3)nc3c2c(=O)n(C)c(=O)n3C)cc1OC. The predicted molar refractivity (Wildman–Crippen MR) is 143 cm³/mol. The van der Waals surface area contributed by atoms with E-state index in [0.717, 1.165) is 35.8 Å². The first kappa shape index (κ1) is 26.7. The zero-order valence-corrected chi connectivity index (χ0v) is 22.5. The van der Waals surface area contributed by atoms with Crippen LogP contribution in [0.25, 0.3) is 11.0 Å². The quantitative estimate of drug-likeness (QED) is 0.333.